The predicted molar refractivity (Wildman–Crippen MR) is 114 cm³/mol. The van der Waals surface area contributed by atoms with Crippen molar-refractivity contribution in [2.24, 2.45) is 5.92 Å². The van der Waals surface area contributed by atoms with Crippen LogP contribution in [0.15, 0.2) is 30.5 Å². The first-order chi connectivity index (χ1) is 14.9. The van der Waals surface area contributed by atoms with Gasteiger partial charge in [0.15, 0.2) is 0 Å². The number of hydrogen-bond donors (Lipinski definition) is 1. The third-order valence-electron chi connectivity index (χ3n) is 5.18. The number of benzene rings is 1. The number of esters is 2. The highest BCUT2D eigenvalue weighted by Gasteiger charge is 2.29. The van der Waals surface area contributed by atoms with Gasteiger partial charge in [0.25, 0.3) is 0 Å². The van der Waals surface area contributed by atoms with Gasteiger partial charge < -0.3 is 19.7 Å². The molecule has 0 spiro atoms. The van der Waals surface area contributed by atoms with Crippen LogP contribution in [-0.4, -0.2) is 59.0 Å². The summed E-state index contributed by atoms with van der Waals surface area (Å²) in [5.74, 6) is -0.968. The number of nitrogens with one attached hydrogen (secondary N) is 1. The number of carbonyl (C=O) groups excluding carboxylic acids is 3. The minimum Gasteiger partial charge on any atom is -0.466 e. The smallest absolute Gasteiger partial charge is 0.341 e. The molecule has 3 rings (SSSR count). The summed E-state index contributed by atoms with van der Waals surface area (Å²) in [6, 6.07) is 6.92. The van der Waals surface area contributed by atoms with Crippen LogP contribution < -0.4 is 5.32 Å². The average Bonchev–Trinajstić information content (AvgIpc) is 3.16. The quantitative estimate of drug-likeness (QED) is 0.709. The largest absolute Gasteiger partial charge is 0.466 e. The second-order valence-electron chi connectivity index (χ2n) is 7.29. The van der Waals surface area contributed by atoms with E-state index < -0.39 is 5.97 Å². The lowest BCUT2D eigenvalue weighted by atomic mass is 9.98. The monoisotopic (exact) mass is 428 g/mol. The van der Waals surface area contributed by atoms with E-state index >= 15 is 0 Å². The van der Waals surface area contributed by atoms with Gasteiger partial charge in [0, 0.05) is 18.8 Å². The van der Waals surface area contributed by atoms with Gasteiger partial charge >= 0.3 is 18.0 Å². The zero-order chi connectivity index (χ0) is 22.4. The van der Waals surface area contributed by atoms with Crippen LogP contribution in [0, 0.1) is 12.8 Å². The van der Waals surface area contributed by atoms with Crippen molar-refractivity contribution in [3.8, 4) is 5.69 Å². The average molecular weight is 428 g/mol. The molecule has 166 valence electrons. The Morgan fingerprint density at radius 3 is 2.71 bits per heavy atom. The van der Waals surface area contributed by atoms with Crippen molar-refractivity contribution >= 4 is 23.7 Å². The number of likely N-dealkylation sites (tertiary alicyclic amines) is 1. The van der Waals surface area contributed by atoms with E-state index in [-0.39, 0.29) is 17.9 Å². The molecular weight excluding hydrogens is 400 g/mol. The van der Waals surface area contributed by atoms with Crippen molar-refractivity contribution in [3.05, 3.63) is 41.7 Å². The fraction of sp³-hybridized carbons (Fsp3) is 0.455. The second kappa shape index (κ2) is 10.1. The zero-order valence-electron chi connectivity index (χ0n) is 18.1. The standard InChI is InChI=1S/C22H28N4O5/c1-4-30-20(27)16-8-7-11-25(14-16)22(29)24-17-9-6-10-18(12-17)26-15(3)19(13-23-26)21(28)31-5-2/h6,9-10,12-13,16H,4-5,7-8,11,14H2,1-3H3,(H,24,29)/t16-/m0/s1. The van der Waals surface area contributed by atoms with Crippen LogP contribution in [0.25, 0.3) is 5.69 Å². The van der Waals surface area contributed by atoms with E-state index in [4.69, 9.17) is 9.47 Å². The normalized spacial score (nSPS) is 16.0. The molecule has 1 aliphatic heterocycles. The lowest BCUT2D eigenvalue weighted by molar-refractivity contribution is -0.149. The molecule has 1 fully saturated rings. The Hall–Kier alpha value is -3.36. The van der Waals surface area contributed by atoms with Gasteiger partial charge in [-0.25, -0.2) is 14.3 Å². The van der Waals surface area contributed by atoms with Gasteiger partial charge in [0.1, 0.15) is 5.56 Å². The Bertz CT molecular complexity index is 955. The van der Waals surface area contributed by atoms with Crippen molar-refractivity contribution in [1.29, 1.82) is 0 Å². The topological polar surface area (TPSA) is 103 Å². The summed E-state index contributed by atoms with van der Waals surface area (Å²) in [5, 5.41) is 7.17. The van der Waals surface area contributed by atoms with Crippen molar-refractivity contribution in [2.75, 3.05) is 31.6 Å². The molecule has 1 N–H and O–H groups in total. The molecule has 9 nitrogen and oxygen atoms in total. The van der Waals surface area contributed by atoms with Crippen LogP contribution in [0.5, 0.6) is 0 Å². The van der Waals surface area contributed by atoms with E-state index in [0.29, 0.717) is 48.9 Å². The number of amides is 2. The first kappa shape index (κ1) is 22.3. The summed E-state index contributed by atoms with van der Waals surface area (Å²) in [6.07, 6.45) is 2.95. The van der Waals surface area contributed by atoms with Gasteiger partial charge in [0.2, 0.25) is 0 Å². The Morgan fingerprint density at radius 1 is 1.19 bits per heavy atom. The van der Waals surface area contributed by atoms with Crippen molar-refractivity contribution in [2.45, 2.75) is 33.6 Å². The highest BCUT2D eigenvalue weighted by molar-refractivity contribution is 5.91. The van der Waals surface area contributed by atoms with Crippen molar-refractivity contribution < 1.29 is 23.9 Å². The lowest BCUT2D eigenvalue weighted by Gasteiger charge is -2.31. The van der Waals surface area contributed by atoms with E-state index in [0.717, 1.165) is 12.8 Å². The molecule has 2 amide bonds. The number of piperidine rings is 1. The summed E-state index contributed by atoms with van der Waals surface area (Å²) < 4.78 is 11.8. The number of urea groups is 1. The number of carbonyl (C=O) groups is 3. The summed E-state index contributed by atoms with van der Waals surface area (Å²) in [6.45, 7) is 6.86. The van der Waals surface area contributed by atoms with Crippen molar-refractivity contribution in [1.82, 2.24) is 14.7 Å². The molecule has 1 saturated heterocycles. The van der Waals surface area contributed by atoms with E-state index in [1.54, 1.807) is 48.6 Å². The third kappa shape index (κ3) is 5.22. The molecule has 1 aliphatic rings. The Kier molecular flexibility index (Phi) is 7.28. The Labute approximate surface area is 181 Å². The molecule has 1 aromatic heterocycles. The van der Waals surface area contributed by atoms with Crippen molar-refractivity contribution in [3.63, 3.8) is 0 Å². The fourth-order valence-electron chi connectivity index (χ4n) is 3.61. The van der Waals surface area contributed by atoms with Gasteiger partial charge in [-0.1, -0.05) is 6.07 Å². The van der Waals surface area contributed by atoms with E-state index in [1.807, 2.05) is 6.07 Å². The fourth-order valence-corrected chi connectivity index (χ4v) is 3.61. The summed E-state index contributed by atoms with van der Waals surface area (Å²) in [5.41, 5.74) is 2.34. The highest BCUT2D eigenvalue weighted by Crippen LogP contribution is 2.21. The maximum absolute atomic E-state index is 12.8. The molecule has 0 aliphatic carbocycles. The van der Waals surface area contributed by atoms with Gasteiger partial charge in [-0.15, -0.1) is 0 Å². The Balaban J connectivity index is 1.70. The van der Waals surface area contributed by atoms with E-state index in [9.17, 15) is 14.4 Å². The minimum absolute atomic E-state index is 0.256. The van der Waals surface area contributed by atoms with Gasteiger partial charge in [-0.2, -0.15) is 5.10 Å². The molecule has 0 radical (unpaired) electrons. The maximum Gasteiger partial charge on any atom is 0.341 e. The molecule has 1 aromatic carbocycles. The predicted octanol–water partition coefficient (Wildman–Crippen LogP) is 3.16. The van der Waals surface area contributed by atoms with Crippen LogP contribution in [0.3, 0.4) is 0 Å². The van der Waals surface area contributed by atoms with E-state index in [1.165, 1.54) is 6.20 Å². The van der Waals surface area contributed by atoms with Gasteiger partial charge in [-0.05, 0) is 51.8 Å². The Morgan fingerprint density at radius 2 is 1.97 bits per heavy atom. The molecule has 1 atom stereocenters. The molecule has 0 unspecified atom stereocenters. The van der Waals surface area contributed by atoms with Crippen LogP contribution >= 0.6 is 0 Å². The molecule has 31 heavy (non-hydrogen) atoms. The lowest BCUT2D eigenvalue weighted by Crippen LogP contribution is -2.44. The number of hydrogen-bond acceptors (Lipinski definition) is 6. The number of rotatable bonds is 6. The summed E-state index contributed by atoms with van der Waals surface area (Å²) in [4.78, 5) is 38.5. The first-order valence-corrected chi connectivity index (χ1v) is 10.5. The molecule has 2 aromatic rings. The number of anilines is 1. The maximum atomic E-state index is 12.8. The summed E-state index contributed by atoms with van der Waals surface area (Å²) in [7, 11) is 0. The molecule has 9 heteroatoms. The van der Waals surface area contributed by atoms with Crippen LogP contribution in [0.4, 0.5) is 10.5 Å². The molecule has 0 bridgehead atoms. The number of nitrogens with zero attached hydrogens (tertiary/aromatic N) is 3. The van der Waals surface area contributed by atoms with Crippen LogP contribution in [0.2, 0.25) is 0 Å². The molecule has 2 heterocycles. The number of aromatic nitrogens is 2. The van der Waals surface area contributed by atoms with Crippen LogP contribution in [0.1, 0.15) is 42.7 Å². The first-order valence-electron chi connectivity index (χ1n) is 10.5. The van der Waals surface area contributed by atoms with Gasteiger partial charge in [-0.3, -0.25) is 4.79 Å². The zero-order valence-corrected chi connectivity index (χ0v) is 18.1. The van der Waals surface area contributed by atoms with E-state index in [2.05, 4.69) is 10.4 Å². The van der Waals surface area contributed by atoms with Gasteiger partial charge in [0.05, 0.1) is 36.7 Å². The highest BCUT2D eigenvalue weighted by atomic mass is 16.5. The molecule has 0 saturated carbocycles. The summed E-state index contributed by atoms with van der Waals surface area (Å²) >= 11 is 0. The SMILES string of the molecule is CCOC(=O)c1cnn(-c2cccc(NC(=O)N3CCC[C@H](C(=O)OCC)C3)c2)c1C. The van der Waals surface area contributed by atoms with Crippen LogP contribution in [-0.2, 0) is 14.3 Å². The molecular formula is C22H28N4O5. The third-order valence-corrected chi connectivity index (χ3v) is 5.18. The number of ether oxygens (including phenoxy) is 2. The second-order valence-corrected chi connectivity index (χ2v) is 7.29. The minimum atomic E-state index is -0.419.